The number of nitrogens with zero attached hydrogens (tertiary/aromatic N) is 3. The summed E-state index contributed by atoms with van der Waals surface area (Å²) in [6.45, 7) is 0. The fourth-order valence-corrected chi connectivity index (χ4v) is 1.54. The first-order valence-electron chi connectivity index (χ1n) is 5.01. The van der Waals surface area contributed by atoms with Gasteiger partial charge in [0, 0.05) is 25.6 Å². The van der Waals surface area contributed by atoms with Crippen LogP contribution >= 0.6 is 0 Å². The van der Waals surface area contributed by atoms with Crippen LogP contribution in [0, 0.1) is 0 Å². The van der Waals surface area contributed by atoms with Gasteiger partial charge in [0.25, 0.3) is 0 Å². The lowest BCUT2D eigenvalue weighted by Gasteiger charge is -2.20. The summed E-state index contributed by atoms with van der Waals surface area (Å²) in [5.41, 5.74) is 1.57. The van der Waals surface area contributed by atoms with Gasteiger partial charge in [-0.3, -0.25) is 9.97 Å². The summed E-state index contributed by atoms with van der Waals surface area (Å²) < 4.78 is 0. The molecule has 0 spiro atoms. The number of aromatic nitrogens is 2. The number of anilines is 2. The van der Waals surface area contributed by atoms with Crippen molar-refractivity contribution in [3.8, 4) is 0 Å². The maximum absolute atomic E-state index is 11.1. The second-order valence-corrected chi connectivity index (χ2v) is 3.47. The summed E-state index contributed by atoms with van der Waals surface area (Å²) in [6.07, 6.45) is 6.24. The van der Waals surface area contributed by atoms with E-state index >= 15 is 0 Å². The second-order valence-electron chi connectivity index (χ2n) is 3.47. The maximum Gasteiger partial charge on any atom is 0.339 e. The van der Waals surface area contributed by atoms with Crippen molar-refractivity contribution >= 4 is 17.3 Å². The van der Waals surface area contributed by atoms with E-state index in [2.05, 4.69) is 9.97 Å². The topological polar surface area (TPSA) is 66.3 Å². The zero-order valence-electron chi connectivity index (χ0n) is 9.24. The Morgan fingerprint density at radius 3 is 2.65 bits per heavy atom. The lowest BCUT2D eigenvalue weighted by Crippen LogP contribution is -2.14. The third-order valence-electron chi connectivity index (χ3n) is 2.42. The lowest BCUT2D eigenvalue weighted by atomic mass is 10.2. The van der Waals surface area contributed by atoms with Crippen LogP contribution in [0.15, 0.2) is 43.0 Å². The molecule has 2 heterocycles. The summed E-state index contributed by atoms with van der Waals surface area (Å²) in [5, 5.41) is 9.08. The zero-order chi connectivity index (χ0) is 12.3. The first kappa shape index (κ1) is 11.1. The van der Waals surface area contributed by atoms with E-state index in [9.17, 15) is 4.79 Å². The van der Waals surface area contributed by atoms with E-state index < -0.39 is 5.97 Å². The van der Waals surface area contributed by atoms with Gasteiger partial charge in [-0.2, -0.15) is 0 Å². The van der Waals surface area contributed by atoms with Crippen molar-refractivity contribution in [2.75, 3.05) is 11.9 Å². The van der Waals surface area contributed by atoms with Crippen molar-refractivity contribution in [2.24, 2.45) is 0 Å². The summed E-state index contributed by atoms with van der Waals surface area (Å²) in [5.74, 6) is -0.996. The SMILES string of the molecule is CN(c1cccnc1)c1ccncc1C(=O)O. The molecule has 0 saturated carbocycles. The average molecular weight is 229 g/mol. The van der Waals surface area contributed by atoms with Gasteiger partial charge in [0.2, 0.25) is 0 Å². The zero-order valence-corrected chi connectivity index (χ0v) is 9.24. The average Bonchev–Trinajstić information content (AvgIpc) is 2.39. The molecule has 0 fully saturated rings. The third-order valence-corrected chi connectivity index (χ3v) is 2.42. The van der Waals surface area contributed by atoms with Gasteiger partial charge in [-0.15, -0.1) is 0 Å². The van der Waals surface area contributed by atoms with Crippen molar-refractivity contribution in [2.45, 2.75) is 0 Å². The Labute approximate surface area is 98.4 Å². The molecule has 0 bridgehead atoms. The first-order valence-corrected chi connectivity index (χ1v) is 5.01. The Hall–Kier alpha value is -2.43. The van der Waals surface area contributed by atoms with Gasteiger partial charge in [-0.25, -0.2) is 4.79 Å². The van der Waals surface area contributed by atoms with Gasteiger partial charge in [0.1, 0.15) is 5.56 Å². The second kappa shape index (κ2) is 4.61. The Kier molecular flexibility index (Phi) is 3.00. The van der Waals surface area contributed by atoms with Crippen LogP contribution in [0.2, 0.25) is 0 Å². The minimum atomic E-state index is -0.996. The molecule has 0 radical (unpaired) electrons. The monoisotopic (exact) mass is 229 g/mol. The number of pyridine rings is 2. The number of hydrogen-bond donors (Lipinski definition) is 1. The molecule has 0 saturated heterocycles. The number of rotatable bonds is 3. The van der Waals surface area contributed by atoms with Crippen LogP contribution in [0.4, 0.5) is 11.4 Å². The molecule has 0 unspecified atom stereocenters. The number of hydrogen-bond acceptors (Lipinski definition) is 4. The molecule has 0 aliphatic carbocycles. The van der Waals surface area contributed by atoms with E-state index in [1.807, 2.05) is 6.07 Å². The number of aromatic carboxylic acids is 1. The maximum atomic E-state index is 11.1. The molecule has 0 aliphatic heterocycles. The lowest BCUT2D eigenvalue weighted by molar-refractivity contribution is 0.0697. The van der Waals surface area contributed by atoms with E-state index in [1.54, 1.807) is 42.7 Å². The number of carbonyl (C=O) groups is 1. The van der Waals surface area contributed by atoms with Crippen LogP contribution in [0.3, 0.4) is 0 Å². The fourth-order valence-electron chi connectivity index (χ4n) is 1.54. The van der Waals surface area contributed by atoms with Crippen LogP contribution in [-0.2, 0) is 0 Å². The molecule has 2 aromatic heterocycles. The standard InChI is InChI=1S/C12H11N3O2/c1-15(9-3-2-5-13-7-9)11-4-6-14-8-10(11)12(16)17/h2-8H,1H3,(H,16,17). The first-order chi connectivity index (χ1) is 8.20. The van der Waals surface area contributed by atoms with Gasteiger partial charge in [-0.1, -0.05) is 0 Å². The molecule has 0 aromatic carbocycles. The molecule has 0 amide bonds. The van der Waals surface area contributed by atoms with Gasteiger partial charge >= 0.3 is 5.97 Å². The molecule has 0 atom stereocenters. The van der Waals surface area contributed by atoms with E-state index in [1.165, 1.54) is 6.20 Å². The van der Waals surface area contributed by atoms with Crippen molar-refractivity contribution in [3.05, 3.63) is 48.5 Å². The van der Waals surface area contributed by atoms with Crippen LogP contribution in [-0.4, -0.2) is 28.1 Å². The highest BCUT2D eigenvalue weighted by atomic mass is 16.4. The Morgan fingerprint density at radius 1 is 1.24 bits per heavy atom. The van der Waals surface area contributed by atoms with Crippen LogP contribution in [0.5, 0.6) is 0 Å². The summed E-state index contributed by atoms with van der Waals surface area (Å²) in [6, 6.07) is 5.32. The quantitative estimate of drug-likeness (QED) is 0.871. The highest BCUT2D eigenvalue weighted by Gasteiger charge is 2.14. The predicted octanol–water partition coefficient (Wildman–Crippen LogP) is 1.94. The van der Waals surface area contributed by atoms with E-state index in [0.717, 1.165) is 5.69 Å². The molecular formula is C12H11N3O2. The molecule has 1 N–H and O–H groups in total. The predicted molar refractivity (Wildman–Crippen MR) is 63.5 cm³/mol. The highest BCUT2D eigenvalue weighted by molar-refractivity contribution is 5.95. The Balaban J connectivity index is 2.44. The molecule has 5 nitrogen and oxygen atoms in total. The molecule has 0 aliphatic rings. The van der Waals surface area contributed by atoms with Gasteiger partial charge in [0.15, 0.2) is 0 Å². The minimum absolute atomic E-state index is 0.166. The van der Waals surface area contributed by atoms with E-state index in [0.29, 0.717) is 5.69 Å². The summed E-state index contributed by atoms with van der Waals surface area (Å²) in [7, 11) is 1.79. The van der Waals surface area contributed by atoms with Gasteiger partial charge in [0.05, 0.1) is 17.6 Å². The van der Waals surface area contributed by atoms with Crippen LogP contribution < -0.4 is 4.90 Å². The van der Waals surface area contributed by atoms with Crippen molar-refractivity contribution in [1.29, 1.82) is 0 Å². The molecular weight excluding hydrogens is 218 g/mol. The smallest absolute Gasteiger partial charge is 0.339 e. The number of carboxylic acids is 1. The van der Waals surface area contributed by atoms with E-state index in [4.69, 9.17) is 5.11 Å². The van der Waals surface area contributed by atoms with Gasteiger partial charge in [-0.05, 0) is 18.2 Å². The van der Waals surface area contributed by atoms with E-state index in [-0.39, 0.29) is 5.56 Å². The summed E-state index contributed by atoms with van der Waals surface area (Å²) in [4.78, 5) is 20.7. The Morgan fingerprint density at radius 2 is 2.00 bits per heavy atom. The molecule has 86 valence electrons. The molecule has 2 aromatic rings. The van der Waals surface area contributed by atoms with Crippen molar-refractivity contribution in [3.63, 3.8) is 0 Å². The minimum Gasteiger partial charge on any atom is -0.478 e. The Bertz CT molecular complexity index is 528. The fraction of sp³-hybridized carbons (Fsp3) is 0.0833. The van der Waals surface area contributed by atoms with Crippen molar-refractivity contribution < 1.29 is 9.90 Å². The molecule has 17 heavy (non-hydrogen) atoms. The largest absolute Gasteiger partial charge is 0.478 e. The third kappa shape index (κ3) is 2.23. The van der Waals surface area contributed by atoms with Crippen LogP contribution in [0.25, 0.3) is 0 Å². The highest BCUT2D eigenvalue weighted by Crippen LogP contribution is 2.25. The number of carboxylic acid groups (broad SMARTS) is 1. The molecule has 2 rings (SSSR count). The normalized spacial score (nSPS) is 9.94. The molecule has 5 heteroatoms. The summed E-state index contributed by atoms with van der Waals surface area (Å²) >= 11 is 0. The van der Waals surface area contributed by atoms with Crippen molar-refractivity contribution in [1.82, 2.24) is 9.97 Å². The van der Waals surface area contributed by atoms with Crippen LogP contribution in [0.1, 0.15) is 10.4 Å². The van der Waals surface area contributed by atoms with Gasteiger partial charge < -0.3 is 10.0 Å².